The summed E-state index contributed by atoms with van der Waals surface area (Å²) in [6.07, 6.45) is 1.27. The molecule has 1 atom stereocenters. The number of halogens is 1. The number of nitrogens with one attached hydrogen (secondary N) is 1. The highest BCUT2D eigenvalue weighted by Crippen LogP contribution is 2.20. The highest BCUT2D eigenvalue weighted by Gasteiger charge is 2.40. The molecular formula is C24H22ClN3O6S. The Kier molecular flexibility index (Phi) is 7.23. The monoisotopic (exact) mass is 515 g/mol. The van der Waals surface area contributed by atoms with Crippen molar-refractivity contribution in [3.63, 3.8) is 0 Å². The van der Waals surface area contributed by atoms with Gasteiger partial charge in [-0.25, -0.2) is 8.42 Å². The number of carbonyl (C=O) groups is 3. The Balaban J connectivity index is 1.53. The first kappa shape index (κ1) is 24.5. The third-order valence-corrected chi connectivity index (χ3v) is 7.80. The molecule has 1 aliphatic rings. The second-order valence-electron chi connectivity index (χ2n) is 7.79. The van der Waals surface area contributed by atoms with Gasteiger partial charge in [-0.05, 0) is 36.4 Å². The van der Waals surface area contributed by atoms with E-state index in [4.69, 9.17) is 16.0 Å². The van der Waals surface area contributed by atoms with Gasteiger partial charge in [0.25, 0.3) is 17.7 Å². The van der Waals surface area contributed by atoms with Crippen LogP contribution in [0.25, 0.3) is 0 Å². The number of hydrogen-bond acceptors (Lipinski definition) is 6. The lowest BCUT2D eigenvalue weighted by molar-refractivity contribution is -0.132. The molecule has 0 unspecified atom stereocenters. The van der Waals surface area contributed by atoms with Gasteiger partial charge in [0.1, 0.15) is 0 Å². The molecule has 1 aromatic heterocycles. The fourth-order valence-corrected chi connectivity index (χ4v) is 5.42. The van der Waals surface area contributed by atoms with E-state index >= 15 is 0 Å². The summed E-state index contributed by atoms with van der Waals surface area (Å²) in [7, 11) is -4.28. The lowest BCUT2D eigenvalue weighted by Gasteiger charge is -2.36. The maximum atomic E-state index is 13.4. The molecular weight excluding hydrogens is 494 g/mol. The minimum atomic E-state index is -4.28. The molecule has 2 heterocycles. The molecule has 11 heteroatoms. The van der Waals surface area contributed by atoms with Crippen molar-refractivity contribution in [2.75, 3.05) is 26.2 Å². The number of sulfone groups is 1. The third-order valence-electron chi connectivity index (χ3n) is 5.60. The molecule has 3 amide bonds. The summed E-state index contributed by atoms with van der Waals surface area (Å²) < 4.78 is 31.7. The van der Waals surface area contributed by atoms with E-state index < -0.39 is 27.0 Å². The van der Waals surface area contributed by atoms with E-state index in [0.717, 1.165) is 0 Å². The predicted octanol–water partition coefficient (Wildman–Crippen LogP) is 2.45. The molecule has 0 radical (unpaired) electrons. The first-order valence-corrected chi connectivity index (χ1v) is 12.7. The number of nitrogens with zero attached hydrogens (tertiary/aromatic N) is 2. The number of amides is 3. The van der Waals surface area contributed by atoms with E-state index in [0.29, 0.717) is 10.6 Å². The van der Waals surface area contributed by atoms with E-state index in [-0.39, 0.29) is 42.7 Å². The highest BCUT2D eigenvalue weighted by atomic mass is 35.5. The smallest absolute Gasteiger partial charge is 0.288 e. The lowest BCUT2D eigenvalue weighted by Crippen LogP contribution is -2.57. The van der Waals surface area contributed by atoms with Crippen molar-refractivity contribution in [3.05, 3.63) is 89.3 Å². The van der Waals surface area contributed by atoms with Crippen LogP contribution in [-0.2, 0) is 14.6 Å². The second-order valence-corrected chi connectivity index (χ2v) is 10.2. The summed E-state index contributed by atoms with van der Waals surface area (Å²) in [6.45, 7) is 0.541. The van der Waals surface area contributed by atoms with Crippen molar-refractivity contribution in [1.82, 2.24) is 15.1 Å². The Labute approximate surface area is 207 Å². The molecule has 3 aromatic rings. The summed E-state index contributed by atoms with van der Waals surface area (Å²) in [4.78, 5) is 41.6. The van der Waals surface area contributed by atoms with Crippen LogP contribution in [0.15, 0.2) is 82.3 Å². The van der Waals surface area contributed by atoms with Crippen LogP contribution in [0.4, 0.5) is 0 Å². The van der Waals surface area contributed by atoms with Crippen molar-refractivity contribution in [1.29, 1.82) is 0 Å². The quantitative estimate of drug-likeness (QED) is 0.539. The molecule has 4 rings (SSSR count). The predicted molar refractivity (Wildman–Crippen MR) is 128 cm³/mol. The van der Waals surface area contributed by atoms with Crippen molar-refractivity contribution >= 4 is 39.2 Å². The van der Waals surface area contributed by atoms with Crippen LogP contribution >= 0.6 is 11.6 Å². The van der Waals surface area contributed by atoms with Gasteiger partial charge in [-0.3, -0.25) is 14.4 Å². The zero-order chi connectivity index (χ0) is 25.0. The van der Waals surface area contributed by atoms with Gasteiger partial charge < -0.3 is 19.5 Å². The standard InChI is InChI=1S/C24H22ClN3O6S/c25-19-10-5-4-9-18(19)23(30)27-12-14-28(15-13-27)24(31)22(26-21(29)20-11-6-16-34-20)35(32,33)17-7-2-1-3-8-17/h1-11,16,22H,12-15H2,(H,26,29)/t22-/m0/s1. The Bertz CT molecular complexity index is 1320. The van der Waals surface area contributed by atoms with Crippen LogP contribution in [0, 0.1) is 0 Å². The van der Waals surface area contributed by atoms with Crippen molar-refractivity contribution < 1.29 is 27.2 Å². The first-order valence-electron chi connectivity index (χ1n) is 10.7. The highest BCUT2D eigenvalue weighted by molar-refractivity contribution is 7.92. The topological polar surface area (TPSA) is 117 Å². The van der Waals surface area contributed by atoms with Crippen LogP contribution in [0.2, 0.25) is 5.02 Å². The lowest BCUT2D eigenvalue weighted by atomic mass is 10.2. The molecule has 0 aliphatic carbocycles. The van der Waals surface area contributed by atoms with Gasteiger partial charge in [0.05, 0.1) is 21.7 Å². The number of furan rings is 1. The molecule has 0 bridgehead atoms. The Morgan fingerprint density at radius 2 is 1.49 bits per heavy atom. The molecule has 9 nitrogen and oxygen atoms in total. The van der Waals surface area contributed by atoms with Crippen LogP contribution in [0.5, 0.6) is 0 Å². The average molecular weight is 516 g/mol. The van der Waals surface area contributed by atoms with Gasteiger partial charge in [0.15, 0.2) is 5.76 Å². The average Bonchev–Trinajstić information content (AvgIpc) is 3.42. The molecule has 0 spiro atoms. The van der Waals surface area contributed by atoms with E-state index in [1.807, 2.05) is 0 Å². The normalized spacial score (nSPS) is 14.9. The third kappa shape index (κ3) is 5.23. The largest absolute Gasteiger partial charge is 0.459 e. The van der Waals surface area contributed by atoms with Gasteiger partial charge in [0.2, 0.25) is 15.2 Å². The maximum Gasteiger partial charge on any atom is 0.288 e. The van der Waals surface area contributed by atoms with Gasteiger partial charge in [-0.2, -0.15) is 0 Å². The van der Waals surface area contributed by atoms with Crippen LogP contribution in [0.1, 0.15) is 20.9 Å². The maximum absolute atomic E-state index is 13.4. The molecule has 0 saturated carbocycles. The summed E-state index contributed by atoms with van der Waals surface area (Å²) in [5.41, 5.74) is 0.351. The fraction of sp³-hybridized carbons (Fsp3) is 0.208. The summed E-state index contributed by atoms with van der Waals surface area (Å²) in [6, 6.07) is 16.9. The summed E-state index contributed by atoms with van der Waals surface area (Å²) >= 11 is 6.13. The molecule has 1 fully saturated rings. The van der Waals surface area contributed by atoms with Crippen molar-refractivity contribution in [2.24, 2.45) is 0 Å². The Morgan fingerprint density at radius 3 is 2.11 bits per heavy atom. The number of carbonyl (C=O) groups excluding carboxylic acids is 3. The van der Waals surface area contributed by atoms with Crippen LogP contribution in [0.3, 0.4) is 0 Å². The molecule has 1 N–H and O–H groups in total. The minimum absolute atomic E-state index is 0.0897. The molecule has 2 aromatic carbocycles. The van der Waals surface area contributed by atoms with E-state index in [9.17, 15) is 22.8 Å². The number of hydrogen-bond donors (Lipinski definition) is 1. The van der Waals surface area contributed by atoms with Gasteiger partial charge in [-0.15, -0.1) is 0 Å². The molecule has 182 valence electrons. The first-order chi connectivity index (χ1) is 16.8. The Hall–Kier alpha value is -3.63. The number of rotatable bonds is 6. The minimum Gasteiger partial charge on any atom is -0.459 e. The van der Waals surface area contributed by atoms with E-state index in [1.165, 1.54) is 47.6 Å². The summed E-state index contributed by atoms with van der Waals surface area (Å²) in [5.74, 6) is -2.03. The fourth-order valence-electron chi connectivity index (χ4n) is 3.72. The summed E-state index contributed by atoms with van der Waals surface area (Å²) in [5, 5.41) is 0.770. The van der Waals surface area contributed by atoms with E-state index in [2.05, 4.69) is 5.32 Å². The van der Waals surface area contributed by atoms with Crippen LogP contribution < -0.4 is 5.32 Å². The zero-order valence-electron chi connectivity index (χ0n) is 18.5. The van der Waals surface area contributed by atoms with Crippen molar-refractivity contribution in [2.45, 2.75) is 10.3 Å². The van der Waals surface area contributed by atoms with Crippen molar-refractivity contribution in [3.8, 4) is 0 Å². The van der Waals surface area contributed by atoms with Gasteiger partial charge in [0, 0.05) is 26.2 Å². The molecule has 1 saturated heterocycles. The molecule has 1 aliphatic heterocycles. The van der Waals surface area contributed by atoms with E-state index in [1.54, 1.807) is 35.2 Å². The molecule has 35 heavy (non-hydrogen) atoms. The zero-order valence-corrected chi connectivity index (χ0v) is 20.0. The SMILES string of the molecule is O=C(N[C@H](C(=O)N1CCN(C(=O)c2ccccc2Cl)CC1)S(=O)(=O)c1ccccc1)c1ccco1. The number of piperazine rings is 1. The van der Waals surface area contributed by atoms with Gasteiger partial charge >= 0.3 is 0 Å². The number of benzene rings is 2. The van der Waals surface area contributed by atoms with Crippen LogP contribution in [-0.4, -0.2) is 67.5 Å². The Morgan fingerprint density at radius 1 is 0.857 bits per heavy atom. The second kappa shape index (κ2) is 10.3. The van der Waals surface area contributed by atoms with Gasteiger partial charge in [-0.1, -0.05) is 41.9 Å².